The third kappa shape index (κ3) is 2.42. The van der Waals surface area contributed by atoms with E-state index >= 15 is 0 Å². The number of hydrogen-bond acceptors (Lipinski definition) is 1. The van der Waals surface area contributed by atoms with Gasteiger partial charge in [0.25, 0.3) is 0 Å². The lowest BCUT2D eigenvalue weighted by molar-refractivity contribution is -0.659. The van der Waals surface area contributed by atoms with Crippen LogP contribution in [0.4, 0.5) is 0 Å². The Morgan fingerprint density at radius 1 is 0.839 bits per heavy atom. The van der Waals surface area contributed by atoms with Gasteiger partial charge in [0.2, 0.25) is 5.69 Å². The zero-order valence-corrected chi connectivity index (χ0v) is 18.7. The molecule has 2 nitrogen and oxygen atoms in total. The van der Waals surface area contributed by atoms with Crippen molar-refractivity contribution in [2.24, 2.45) is 7.05 Å². The smallest absolute Gasteiger partial charge is 0.228 e. The molecule has 4 aromatic carbocycles. The standard InChI is InChI=1S/C29H26NO/c1-16(2)25-22-9-7-6-8-20(22)18(4)26-28-27-23(12-13-30(28)5)21-11-10-17(3)14-19(21)15-24(27)31-29(25)26/h6-16H,1-5H3/q+1. The monoisotopic (exact) mass is 404 g/mol. The molecule has 0 bridgehead atoms. The second-order valence-corrected chi connectivity index (χ2v) is 9.21. The minimum absolute atomic E-state index is 0.355. The van der Waals surface area contributed by atoms with Gasteiger partial charge in [-0.3, -0.25) is 0 Å². The summed E-state index contributed by atoms with van der Waals surface area (Å²) in [6, 6.07) is 19.9. The Labute approximate surface area is 182 Å². The number of aryl methyl sites for hydroxylation is 3. The first-order valence-electron chi connectivity index (χ1n) is 11.0. The summed E-state index contributed by atoms with van der Waals surface area (Å²) < 4.78 is 9.08. The number of hydrogen-bond donors (Lipinski definition) is 0. The van der Waals surface area contributed by atoms with Crippen LogP contribution >= 0.6 is 0 Å². The molecule has 1 aliphatic heterocycles. The van der Waals surface area contributed by atoms with Gasteiger partial charge in [-0.15, -0.1) is 0 Å². The molecule has 0 fully saturated rings. The predicted octanol–water partition coefficient (Wildman–Crippen LogP) is 7.48. The molecule has 0 aliphatic carbocycles. The maximum absolute atomic E-state index is 6.82. The molecule has 2 heterocycles. The van der Waals surface area contributed by atoms with E-state index in [0.717, 1.165) is 11.5 Å². The first-order chi connectivity index (χ1) is 15.0. The van der Waals surface area contributed by atoms with Crippen molar-refractivity contribution in [2.45, 2.75) is 33.6 Å². The minimum atomic E-state index is 0.355. The van der Waals surface area contributed by atoms with Crippen molar-refractivity contribution in [2.75, 3.05) is 0 Å². The lowest BCUT2D eigenvalue weighted by Crippen LogP contribution is -2.32. The van der Waals surface area contributed by atoms with Crippen LogP contribution in [0.2, 0.25) is 0 Å². The van der Waals surface area contributed by atoms with Gasteiger partial charge < -0.3 is 4.74 Å². The third-order valence-electron chi connectivity index (χ3n) is 6.85. The van der Waals surface area contributed by atoms with Crippen molar-refractivity contribution < 1.29 is 9.30 Å². The highest BCUT2D eigenvalue weighted by Gasteiger charge is 2.33. The Morgan fingerprint density at radius 3 is 2.39 bits per heavy atom. The molecular weight excluding hydrogens is 378 g/mol. The second-order valence-electron chi connectivity index (χ2n) is 9.21. The van der Waals surface area contributed by atoms with Crippen LogP contribution in [0.25, 0.3) is 43.6 Å². The van der Waals surface area contributed by atoms with Crippen LogP contribution in [0.1, 0.15) is 36.5 Å². The van der Waals surface area contributed by atoms with Crippen molar-refractivity contribution in [3.05, 3.63) is 77.5 Å². The van der Waals surface area contributed by atoms with Crippen LogP contribution in [0.5, 0.6) is 11.5 Å². The van der Waals surface area contributed by atoms with Crippen LogP contribution in [0.15, 0.2) is 60.8 Å². The quantitative estimate of drug-likeness (QED) is 0.204. The molecule has 6 rings (SSSR count). The van der Waals surface area contributed by atoms with Gasteiger partial charge in [-0.2, -0.15) is 0 Å². The van der Waals surface area contributed by atoms with E-state index in [9.17, 15) is 0 Å². The van der Waals surface area contributed by atoms with Crippen molar-refractivity contribution in [3.8, 4) is 22.8 Å². The van der Waals surface area contributed by atoms with Crippen molar-refractivity contribution in [1.29, 1.82) is 0 Å². The Bertz CT molecular complexity index is 1560. The summed E-state index contributed by atoms with van der Waals surface area (Å²) in [6.45, 7) is 8.91. The van der Waals surface area contributed by atoms with E-state index in [0.29, 0.717) is 5.92 Å². The minimum Gasteiger partial charge on any atom is -0.455 e. The van der Waals surface area contributed by atoms with E-state index < -0.39 is 0 Å². The summed E-state index contributed by atoms with van der Waals surface area (Å²) in [5.74, 6) is 2.34. The third-order valence-corrected chi connectivity index (χ3v) is 6.85. The van der Waals surface area contributed by atoms with Crippen LogP contribution in [0, 0.1) is 13.8 Å². The average molecular weight is 405 g/mol. The molecule has 0 amide bonds. The summed E-state index contributed by atoms with van der Waals surface area (Å²) in [7, 11) is 2.15. The van der Waals surface area contributed by atoms with Gasteiger partial charge in [-0.1, -0.05) is 61.9 Å². The van der Waals surface area contributed by atoms with Crippen LogP contribution < -0.4 is 9.30 Å². The Hall–Kier alpha value is -3.39. The summed E-state index contributed by atoms with van der Waals surface area (Å²) >= 11 is 0. The maximum atomic E-state index is 6.82. The van der Waals surface area contributed by atoms with E-state index in [2.05, 4.69) is 100 Å². The molecule has 0 N–H and O–H groups in total. The Balaban J connectivity index is 1.86. The van der Waals surface area contributed by atoms with Gasteiger partial charge in [0.15, 0.2) is 6.20 Å². The van der Waals surface area contributed by atoms with E-state index in [1.165, 1.54) is 60.3 Å². The van der Waals surface area contributed by atoms with Gasteiger partial charge in [0.05, 0.1) is 10.9 Å². The van der Waals surface area contributed by atoms with Gasteiger partial charge in [0.1, 0.15) is 18.5 Å². The summed E-state index contributed by atoms with van der Waals surface area (Å²) in [5, 5.41) is 7.58. The fraction of sp³-hybridized carbons (Fsp3) is 0.207. The van der Waals surface area contributed by atoms with E-state index in [1.807, 2.05) is 0 Å². The van der Waals surface area contributed by atoms with Crippen molar-refractivity contribution >= 4 is 32.3 Å². The molecule has 0 unspecified atom stereocenters. The van der Waals surface area contributed by atoms with E-state index in [1.54, 1.807) is 0 Å². The molecule has 2 heteroatoms. The number of benzene rings is 4. The zero-order chi connectivity index (χ0) is 21.4. The van der Waals surface area contributed by atoms with E-state index in [-0.39, 0.29) is 0 Å². The number of ether oxygens (including phenoxy) is 1. The van der Waals surface area contributed by atoms with Gasteiger partial charge >= 0.3 is 0 Å². The van der Waals surface area contributed by atoms with Crippen LogP contribution in [-0.4, -0.2) is 0 Å². The zero-order valence-electron chi connectivity index (χ0n) is 18.7. The lowest BCUT2D eigenvalue weighted by Gasteiger charge is -2.26. The predicted molar refractivity (Wildman–Crippen MR) is 129 cm³/mol. The molecule has 0 radical (unpaired) electrons. The molecule has 0 saturated carbocycles. The number of fused-ring (bicyclic) bond motifs is 5. The first-order valence-corrected chi connectivity index (χ1v) is 11.0. The molecule has 0 spiro atoms. The van der Waals surface area contributed by atoms with Crippen molar-refractivity contribution in [3.63, 3.8) is 0 Å². The molecule has 5 aromatic rings. The Morgan fingerprint density at radius 2 is 1.61 bits per heavy atom. The Kier molecular flexibility index (Phi) is 3.74. The number of rotatable bonds is 1. The summed E-state index contributed by atoms with van der Waals surface area (Å²) in [4.78, 5) is 0. The topological polar surface area (TPSA) is 13.1 Å². The largest absolute Gasteiger partial charge is 0.455 e. The van der Waals surface area contributed by atoms with Gasteiger partial charge in [-0.05, 0) is 52.9 Å². The molecule has 1 aliphatic rings. The van der Waals surface area contributed by atoms with Gasteiger partial charge in [-0.25, -0.2) is 4.57 Å². The van der Waals surface area contributed by atoms with Crippen LogP contribution in [-0.2, 0) is 7.05 Å². The lowest BCUT2D eigenvalue weighted by atomic mass is 9.85. The van der Waals surface area contributed by atoms with Gasteiger partial charge in [0, 0.05) is 17.0 Å². The fourth-order valence-corrected chi connectivity index (χ4v) is 5.45. The molecular formula is C29H26NO+. The normalized spacial score (nSPS) is 12.6. The molecule has 0 atom stereocenters. The highest BCUT2D eigenvalue weighted by atomic mass is 16.5. The summed E-state index contributed by atoms with van der Waals surface area (Å²) in [6.07, 6.45) is 2.19. The second kappa shape index (κ2) is 6.31. The van der Waals surface area contributed by atoms with E-state index in [4.69, 9.17) is 4.74 Å². The maximum Gasteiger partial charge on any atom is 0.228 e. The fourth-order valence-electron chi connectivity index (χ4n) is 5.45. The molecule has 0 saturated heterocycles. The first kappa shape index (κ1) is 18.4. The SMILES string of the molecule is Cc1ccc2c(c1)cc1c3c([n+](C)ccc32)-c2c(c(C(C)C)c3ccccc3c2C)O1. The average Bonchev–Trinajstić information content (AvgIpc) is 2.74. The van der Waals surface area contributed by atoms with Crippen LogP contribution in [0.3, 0.4) is 0 Å². The highest BCUT2D eigenvalue weighted by molar-refractivity contribution is 6.16. The number of pyridine rings is 1. The van der Waals surface area contributed by atoms with Crippen molar-refractivity contribution in [1.82, 2.24) is 0 Å². The summed E-state index contributed by atoms with van der Waals surface area (Å²) in [5.41, 5.74) is 6.33. The molecule has 152 valence electrons. The molecule has 1 aromatic heterocycles. The highest BCUT2D eigenvalue weighted by Crippen LogP contribution is 2.53. The molecule has 31 heavy (non-hydrogen) atoms. The number of aromatic nitrogens is 1. The number of nitrogens with zero attached hydrogens (tertiary/aromatic N) is 1.